The van der Waals surface area contributed by atoms with E-state index in [-0.39, 0.29) is 11.7 Å². The fourth-order valence-electron chi connectivity index (χ4n) is 4.13. The van der Waals surface area contributed by atoms with Crippen LogP contribution in [-0.4, -0.2) is 98.0 Å². The Balaban J connectivity index is 0.000000430. The second kappa shape index (κ2) is 17.8. The summed E-state index contributed by atoms with van der Waals surface area (Å²) < 4.78 is 108. The van der Waals surface area contributed by atoms with Crippen molar-refractivity contribution in [2.45, 2.75) is 69.6 Å². The highest BCUT2D eigenvalue weighted by Gasteiger charge is 2.44. The Morgan fingerprint density at radius 3 is 1.89 bits per heavy atom. The summed E-state index contributed by atoms with van der Waals surface area (Å²) in [4.78, 5) is 37.9. The molecule has 0 bridgehead atoms. The summed E-state index contributed by atoms with van der Waals surface area (Å²) in [6.45, 7) is 6.35. The molecule has 2 aliphatic heterocycles. The molecule has 1 spiro atoms. The molecule has 0 aliphatic carbocycles. The van der Waals surface area contributed by atoms with E-state index in [1.807, 2.05) is 37.5 Å². The number of rotatable bonds is 5. The number of pyridine rings is 2. The molecule has 4 rings (SSSR count). The predicted molar refractivity (Wildman–Crippen MR) is 141 cm³/mol. The summed E-state index contributed by atoms with van der Waals surface area (Å²) >= 11 is 0. The van der Waals surface area contributed by atoms with Gasteiger partial charge in [-0.2, -0.15) is 39.5 Å². The van der Waals surface area contributed by atoms with Gasteiger partial charge >= 0.3 is 36.4 Å². The van der Waals surface area contributed by atoms with Crippen LogP contribution >= 0.6 is 0 Å². The lowest BCUT2D eigenvalue weighted by molar-refractivity contribution is -0.193. The number of alkyl halides is 9. The van der Waals surface area contributed by atoms with E-state index in [9.17, 15) is 39.5 Å². The van der Waals surface area contributed by atoms with Gasteiger partial charge in [-0.1, -0.05) is 6.07 Å². The molecule has 3 N–H and O–H groups in total. The number of hydrogen-bond donors (Lipinski definition) is 3. The lowest BCUT2D eigenvalue weighted by Gasteiger charge is -2.39. The minimum Gasteiger partial charge on any atom is -0.475 e. The summed E-state index contributed by atoms with van der Waals surface area (Å²) in [5.41, 5.74) is 3.34. The van der Waals surface area contributed by atoms with Crippen LogP contribution in [0.25, 0.3) is 0 Å². The van der Waals surface area contributed by atoms with Crippen LogP contribution in [0.3, 0.4) is 0 Å². The Morgan fingerprint density at radius 1 is 0.915 bits per heavy atom. The third-order valence-corrected chi connectivity index (χ3v) is 6.09. The Kier molecular flexibility index (Phi) is 15.5. The van der Waals surface area contributed by atoms with Gasteiger partial charge in [0.25, 0.3) is 0 Å². The van der Waals surface area contributed by atoms with Gasteiger partial charge in [-0.05, 0) is 56.1 Å². The van der Waals surface area contributed by atoms with Gasteiger partial charge in [0.2, 0.25) is 0 Å². The zero-order chi connectivity index (χ0) is 36.1. The number of ether oxygens (including phenoxy) is 2. The van der Waals surface area contributed by atoms with E-state index in [0.717, 1.165) is 49.4 Å². The van der Waals surface area contributed by atoms with Crippen molar-refractivity contribution in [1.29, 1.82) is 0 Å². The van der Waals surface area contributed by atoms with Gasteiger partial charge < -0.3 is 24.8 Å². The number of carbonyl (C=O) groups is 3. The predicted octanol–water partition coefficient (Wildman–Crippen LogP) is 5.03. The number of piperidine rings is 1. The van der Waals surface area contributed by atoms with E-state index in [1.54, 1.807) is 0 Å². The molecule has 2 fully saturated rings. The summed E-state index contributed by atoms with van der Waals surface area (Å²) in [6.07, 6.45) is -8.17. The summed E-state index contributed by atoms with van der Waals surface area (Å²) in [6, 6.07) is 10.3. The largest absolute Gasteiger partial charge is 0.490 e. The van der Waals surface area contributed by atoms with Crippen LogP contribution in [0.5, 0.6) is 0 Å². The Labute approximate surface area is 260 Å². The van der Waals surface area contributed by atoms with Crippen molar-refractivity contribution in [3.05, 3.63) is 59.7 Å². The van der Waals surface area contributed by atoms with Crippen LogP contribution in [0.15, 0.2) is 42.7 Å². The van der Waals surface area contributed by atoms with Gasteiger partial charge in [0, 0.05) is 37.6 Å². The summed E-state index contributed by atoms with van der Waals surface area (Å²) in [5.74, 6) is -8.27. The number of halogens is 9. The highest BCUT2D eigenvalue weighted by Crippen LogP contribution is 2.36. The highest BCUT2D eigenvalue weighted by atomic mass is 19.4. The van der Waals surface area contributed by atoms with E-state index in [1.165, 1.54) is 6.42 Å². The molecule has 20 heteroatoms. The maximum Gasteiger partial charge on any atom is 0.490 e. The number of aliphatic carboxylic acids is 3. The van der Waals surface area contributed by atoms with Crippen LogP contribution in [0.2, 0.25) is 0 Å². The van der Waals surface area contributed by atoms with Crippen molar-refractivity contribution in [1.82, 2.24) is 14.9 Å². The molecule has 0 unspecified atom stereocenters. The first-order chi connectivity index (χ1) is 21.5. The van der Waals surface area contributed by atoms with E-state index in [0.29, 0.717) is 13.2 Å². The third-order valence-electron chi connectivity index (χ3n) is 6.09. The number of likely N-dealkylation sites (tertiary alicyclic amines) is 1. The SMILES string of the molecule is Cc1cccc(CN2CCC[C@]3(C[C@@H](OCc4ccncc4)CO3)C2)n1.O=C(O)C(F)(F)F.O=C(O)C(F)(F)F.O=C(O)C(F)(F)F. The standard InChI is InChI=1S/C21H27N3O2.3C2HF3O2/c1-17-4-2-5-19(23-17)13-24-11-3-8-21(16-24)12-20(15-26-21)25-14-18-6-9-22-10-7-18;3*3-2(4,5)1(6)7/h2,4-7,9-10,20H,3,8,11-16H2,1H3;3*(H,6,7)/t20-,21+;;;/m1.../s1. The molecule has 2 atom stereocenters. The van der Waals surface area contributed by atoms with Gasteiger partial charge in [0.05, 0.1) is 30.6 Å². The van der Waals surface area contributed by atoms with Crippen LogP contribution in [0.4, 0.5) is 39.5 Å². The first kappa shape index (κ1) is 41.0. The second-order valence-electron chi connectivity index (χ2n) is 9.98. The normalized spacial score (nSPS) is 19.7. The Morgan fingerprint density at radius 2 is 1.43 bits per heavy atom. The van der Waals surface area contributed by atoms with Gasteiger partial charge in [-0.3, -0.25) is 14.9 Å². The monoisotopic (exact) mass is 695 g/mol. The van der Waals surface area contributed by atoms with Gasteiger partial charge in [0.15, 0.2) is 0 Å². The summed E-state index contributed by atoms with van der Waals surface area (Å²) in [7, 11) is 0. The molecular weight excluding hydrogens is 665 g/mol. The van der Waals surface area contributed by atoms with Crippen LogP contribution in [0, 0.1) is 6.92 Å². The Bertz CT molecular complexity index is 1240. The van der Waals surface area contributed by atoms with E-state index in [2.05, 4.69) is 27.0 Å². The van der Waals surface area contributed by atoms with Crippen molar-refractivity contribution < 1.29 is 78.7 Å². The summed E-state index contributed by atoms with van der Waals surface area (Å²) in [5, 5.41) is 21.4. The van der Waals surface area contributed by atoms with Crippen LogP contribution in [0.1, 0.15) is 36.2 Å². The molecule has 0 amide bonds. The first-order valence-electron chi connectivity index (χ1n) is 13.2. The molecule has 264 valence electrons. The zero-order valence-electron chi connectivity index (χ0n) is 24.4. The highest BCUT2D eigenvalue weighted by molar-refractivity contribution is 5.73. The molecule has 2 aromatic rings. The van der Waals surface area contributed by atoms with E-state index >= 15 is 0 Å². The minimum atomic E-state index is -5.08. The lowest BCUT2D eigenvalue weighted by atomic mass is 9.89. The fraction of sp³-hybridized carbons (Fsp3) is 0.519. The molecule has 4 heterocycles. The number of aryl methyl sites for hydroxylation is 1. The second-order valence-corrected chi connectivity index (χ2v) is 9.98. The van der Waals surface area contributed by atoms with Gasteiger partial charge in [0.1, 0.15) is 0 Å². The number of aromatic nitrogens is 2. The topological polar surface area (TPSA) is 159 Å². The maximum absolute atomic E-state index is 10.6. The molecule has 2 aliphatic rings. The van der Waals surface area contributed by atoms with Crippen LogP contribution < -0.4 is 0 Å². The van der Waals surface area contributed by atoms with Crippen molar-refractivity contribution in [3.63, 3.8) is 0 Å². The molecule has 11 nitrogen and oxygen atoms in total. The zero-order valence-corrected chi connectivity index (χ0v) is 24.4. The Hall–Kier alpha value is -4.04. The van der Waals surface area contributed by atoms with Crippen LogP contribution in [-0.2, 0) is 37.0 Å². The van der Waals surface area contributed by atoms with Crippen molar-refractivity contribution >= 4 is 17.9 Å². The molecule has 0 saturated carbocycles. The van der Waals surface area contributed by atoms with Crippen molar-refractivity contribution in [2.75, 3.05) is 19.7 Å². The minimum absolute atomic E-state index is 0.0506. The van der Waals surface area contributed by atoms with E-state index < -0.39 is 36.4 Å². The molecule has 0 radical (unpaired) electrons. The van der Waals surface area contributed by atoms with Gasteiger partial charge in [-0.25, -0.2) is 14.4 Å². The molecule has 2 saturated heterocycles. The molecular formula is C27H30F9N3O8. The lowest BCUT2D eigenvalue weighted by Crippen LogP contribution is -2.47. The number of carboxylic acid groups (broad SMARTS) is 3. The first-order valence-corrected chi connectivity index (χ1v) is 13.2. The molecule has 0 aromatic carbocycles. The third kappa shape index (κ3) is 16.4. The smallest absolute Gasteiger partial charge is 0.475 e. The maximum atomic E-state index is 10.6. The number of carboxylic acids is 3. The fourth-order valence-corrected chi connectivity index (χ4v) is 4.13. The average molecular weight is 696 g/mol. The quantitative estimate of drug-likeness (QED) is 0.361. The molecule has 47 heavy (non-hydrogen) atoms. The van der Waals surface area contributed by atoms with E-state index in [4.69, 9.17) is 39.2 Å². The van der Waals surface area contributed by atoms with Crippen molar-refractivity contribution in [2.24, 2.45) is 0 Å². The number of hydrogen-bond acceptors (Lipinski definition) is 8. The van der Waals surface area contributed by atoms with Crippen molar-refractivity contribution in [3.8, 4) is 0 Å². The van der Waals surface area contributed by atoms with Gasteiger partial charge in [-0.15, -0.1) is 0 Å². The number of nitrogens with zero attached hydrogens (tertiary/aromatic N) is 3. The average Bonchev–Trinajstić information content (AvgIpc) is 3.33. The molecule has 2 aromatic heterocycles.